The molecule has 3 N–H and O–H groups in total. The van der Waals surface area contributed by atoms with Gasteiger partial charge < -0.3 is 20.2 Å². The van der Waals surface area contributed by atoms with Crippen LogP contribution in [0, 0.1) is 11.7 Å². The van der Waals surface area contributed by atoms with Gasteiger partial charge in [-0.3, -0.25) is 0 Å². The number of nitrogens with one attached hydrogen (secondary N) is 1. The Hall–Kier alpha value is -1.11. The minimum atomic E-state index is -1.89. The third-order valence-corrected chi connectivity index (χ3v) is 9.81. The van der Waals surface area contributed by atoms with Crippen molar-refractivity contribution in [2.45, 2.75) is 64.4 Å². The molecule has 142 valence electrons. The van der Waals surface area contributed by atoms with E-state index in [4.69, 9.17) is 14.9 Å². The van der Waals surface area contributed by atoms with Crippen molar-refractivity contribution >= 4 is 14.0 Å². The van der Waals surface area contributed by atoms with E-state index in [9.17, 15) is 4.39 Å². The molecule has 0 bridgehead atoms. The van der Waals surface area contributed by atoms with Crippen LogP contribution in [0.2, 0.25) is 18.1 Å². The van der Waals surface area contributed by atoms with Gasteiger partial charge in [-0.05, 0) is 50.0 Å². The van der Waals surface area contributed by atoms with Gasteiger partial charge in [0.25, 0.3) is 0 Å². The van der Waals surface area contributed by atoms with Crippen molar-refractivity contribution in [1.29, 1.82) is 0 Å². The predicted octanol–water partition coefficient (Wildman–Crippen LogP) is 4.31. The average molecular weight is 369 g/mol. The van der Waals surface area contributed by atoms with Crippen molar-refractivity contribution in [3.8, 4) is 5.75 Å². The summed E-state index contributed by atoms with van der Waals surface area (Å²) < 4.78 is 26.9. The van der Waals surface area contributed by atoms with Gasteiger partial charge in [0.05, 0.1) is 6.10 Å². The highest BCUT2D eigenvalue weighted by Crippen LogP contribution is 2.42. The summed E-state index contributed by atoms with van der Waals surface area (Å²) in [6, 6.07) is 3.07. The van der Waals surface area contributed by atoms with Gasteiger partial charge in [-0.1, -0.05) is 20.8 Å². The molecule has 0 spiro atoms. The summed E-state index contributed by atoms with van der Waals surface area (Å²) in [5.74, 6) is 0.402. The normalized spacial score (nSPS) is 16.8. The minimum absolute atomic E-state index is 0.0280. The Morgan fingerprint density at radius 1 is 1.32 bits per heavy atom. The zero-order chi connectivity index (χ0) is 18.8. The first-order chi connectivity index (χ1) is 11.5. The highest BCUT2D eigenvalue weighted by molar-refractivity contribution is 6.74. The van der Waals surface area contributed by atoms with E-state index in [1.165, 1.54) is 6.07 Å². The maximum atomic E-state index is 14.4. The van der Waals surface area contributed by atoms with Gasteiger partial charge in [-0.15, -0.1) is 0 Å². The van der Waals surface area contributed by atoms with E-state index >= 15 is 0 Å². The molecule has 0 saturated heterocycles. The predicted molar refractivity (Wildman–Crippen MR) is 104 cm³/mol. The number of hydrogen-bond donors (Lipinski definition) is 2. The Kier molecular flexibility index (Phi) is 6.17. The molecule has 6 heteroatoms. The highest BCUT2D eigenvalue weighted by atomic mass is 28.4. The highest BCUT2D eigenvalue weighted by Gasteiger charge is 2.43. The topological polar surface area (TPSA) is 56.5 Å². The Morgan fingerprint density at radius 2 is 1.96 bits per heavy atom. The van der Waals surface area contributed by atoms with E-state index < -0.39 is 14.1 Å². The smallest absolute Gasteiger partial charge is 0.192 e. The number of ether oxygens (including phenoxy) is 1. The van der Waals surface area contributed by atoms with Gasteiger partial charge >= 0.3 is 0 Å². The number of halogens is 1. The molecule has 1 aliphatic carbocycles. The quantitative estimate of drug-likeness (QED) is 0.530. The Labute approximate surface area is 152 Å². The van der Waals surface area contributed by atoms with Crippen LogP contribution in [0.4, 0.5) is 10.1 Å². The Balaban J connectivity index is 2.12. The maximum Gasteiger partial charge on any atom is 0.192 e. The summed E-state index contributed by atoms with van der Waals surface area (Å²) in [5.41, 5.74) is 6.91. The number of rotatable bonds is 8. The fourth-order valence-corrected chi connectivity index (χ4v) is 3.98. The fourth-order valence-electron chi connectivity index (χ4n) is 2.61. The second-order valence-electron chi connectivity index (χ2n) is 8.59. The van der Waals surface area contributed by atoms with E-state index in [0.29, 0.717) is 24.8 Å². The average Bonchev–Trinajstić information content (AvgIpc) is 3.28. The molecule has 0 aliphatic heterocycles. The first kappa shape index (κ1) is 20.2. The molecule has 1 aromatic rings. The van der Waals surface area contributed by atoms with Crippen LogP contribution in [0.1, 0.15) is 39.2 Å². The lowest BCUT2D eigenvalue weighted by Gasteiger charge is -2.39. The van der Waals surface area contributed by atoms with Crippen LogP contribution in [0.5, 0.6) is 5.75 Å². The second kappa shape index (κ2) is 7.64. The zero-order valence-electron chi connectivity index (χ0n) is 16.4. The molecule has 25 heavy (non-hydrogen) atoms. The molecule has 0 radical (unpaired) electrons. The van der Waals surface area contributed by atoms with Crippen molar-refractivity contribution in [3.63, 3.8) is 0 Å². The lowest BCUT2D eigenvalue weighted by Crippen LogP contribution is -2.46. The molecule has 4 nitrogen and oxygen atoms in total. The van der Waals surface area contributed by atoms with Gasteiger partial charge in [0, 0.05) is 23.9 Å². The summed E-state index contributed by atoms with van der Waals surface area (Å²) >= 11 is 0. The molecular formula is C19H33FN2O2Si. The number of anilines is 1. The number of nitrogen functional groups attached to an aromatic ring is 1. The standard InChI is InChI=1S/C19H33FN2O2Si/c1-19(2,3)25(5,6)24-17(13-7-8-13)12-23-18-14(11-22-4)9-15(21)10-16(18)20/h9-10,13,17,22H,7-8,11-12,21H2,1-6H3. The third-order valence-electron chi connectivity index (χ3n) is 5.30. The van der Waals surface area contributed by atoms with E-state index in [0.717, 1.165) is 18.4 Å². The minimum Gasteiger partial charge on any atom is -0.488 e. The summed E-state index contributed by atoms with van der Waals surface area (Å²) in [7, 11) is -0.0685. The summed E-state index contributed by atoms with van der Waals surface area (Å²) in [5, 5.41) is 3.18. The van der Waals surface area contributed by atoms with Crippen LogP contribution in [-0.4, -0.2) is 28.1 Å². The number of nitrogens with two attached hydrogens (primary N) is 1. The van der Waals surface area contributed by atoms with E-state index in [-0.39, 0.29) is 16.9 Å². The molecule has 0 heterocycles. The molecule has 0 aromatic heterocycles. The monoisotopic (exact) mass is 368 g/mol. The summed E-state index contributed by atoms with van der Waals surface area (Å²) in [6.07, 6.45) is 2.35. The van der Waals surface area contributed by atoms with Gasteiger partial charge in [-0.25, -0.2) is 4.39 Å². The molecule has 1 fully saturated rings. The molecule has 1 aromatic carbocycles. The van der Waals surface area contributed by atoms with Crippen molar-refractivity contribution < 1.29 is 13.6 Å². The van der Waals surface area contributed by atoms with Crippen molar-refractivity contribution in [3.05, 3.63) is 23.5 Å². The summed E-state index contributed by atoms with van der Waals surface area (Å²) in [6.45, 7) is 12.1. The van der Waals surface area contributed by atoms with Crippen LogP contribution in [0.3, 0.4) is 0 Å². The van der Waals surface area contributed by atoms with Gasteiger partial charge in [0.15, 0.2) is 19.9 Å². The van der Waals surface area contributed by atoms with Crippen LogP contribution >= 0.6 is 0 Å². The first-order valence-electron chi connectivity index (χ1n) is 9.08. The first-order valence-corrected chi connectivity index (χ1v) is 12.0. The lowest BCUT2D eigenvalue weighted by molar-refractivity contribution is 0.0948. The number of hydrogen-bond acceptors (Lipinski definition) is 4. The SMILES string of the molecule is CNCc1cc(N)cc(F)c1OCC(O[Si](C)(C)C(C)(C)C)C1CC1. The molecule has 2 rings (SSSR count). The van der Waals surface area contributed by atoms with Crippen molar-refractivity contribution in [1.82, 2.24) is 5.32 Å². The van der Waals surface area contributed by atoms with E-state index in [1.54, 1.807) is 6.07 Å². The Bertz CT molecular complexity index is 598. The molecule has 1 atom stereocenters. The lowest BCUT2D eigenvalue weighted by atomic mass is 10.1. The zero-order valence-corrected chi connectivity index (χ0v) is 17.4. The van der Waals surface area contributed by atoms with Crippen molar-refractivity contribution in [2.24, 2.45) is 5.92 Å². The summed E-state index contributed by atoms with van der Waals surface area (Å²) in [4.78, 5) is 0. The Morgan fingerprint density at radius 3 is 2.48 bits per heavy atom. The van der Waals surface area contributed by atoms with Crippen LogP contribution in [-0.2, 0) is 11.0 Å². The van der Waals surface area contributed by atoms with Crippen LogP contribution in [0.15, 0.2) is 12.1 Å². The van der Waals surface area contributed by atoms with Gasteiger partial charge in [0.1, 0.15) is 6.61 Å². The van der Waals surface area contributed by atoms with Gasteiger partial charge in [0.2, 0.25) is 0 Å². The maximum absolute atomic E-state index is 14.4. The molecule has 1 saturated carbocycles. The molecule has 1 aliphatic rings. The van der Waals surface area contributed by atoms with Crippen LogP contribution in [0.25, 0.3) is 0 Å². The molecule has 1 unspecified atom stereocenters. The van der Waals surface area contributed by atoms with Crippen molar-refractivity contribution in [2.75, 3.05) is 19.4 Å². The fraction of sp³-hybridized carbons (Fsp3) is 0.684. The molecular weight excluding hydrogens is 335 g/mol. The van der Waals surface area contributed by atoms with Gasteiger partial charge in [-0.2, -0.15) is 0 Å². The second-order valence-corrected chi connectivity index (χ2v) is 13.3. The third kappa shape index (κ3) is 5.18. The van der Waals surface area contributed by atoms with E-state index in [1.807, 2.05) is 7.05 Å². The largest absolute Gasteiger partial charge is 0.488 e. The van der Waals surface area contributed by atoms with E-state index in [2.05, 4.69) is 39.2 Å². The van der Waals surface area contributed by atoms with Crippen LogP contribution < -0.4 is 15.8 Å². The number of benzene rings is 1. The molecule has 0 amide bonds.